The maximum atomic E-state index is 12.6. The first kappa shape index (κ1) is 20.8. The fraction of sp³-hybridized carbons (Fsp3) is 0.474. The summed E-state index contributed by atoms with van der Waals surface area (Å²) < 4.78 is 6.61. The standard InChI is InChI=1S/C19H24BrN3O2.H2S/c1-19(2,3)25-18(24)23-11-5-4-6-16(23)17-21-12-15(22-17)13-7-9-14(20)10-8-13;/h7-10,12,16H,4-6,11H2,1-3H3,(H,21,22);1H2/t16-;/m0./s1. The maximum Gasteiger partial charge on any atom is 0.410 e. The van der Waals surface area contributed by atoms with Gasteiger partial charge < -0.3 is 9.72 Å². The molecule has 2 heterocycles. The van der Waals surface area contributed by atoms with Gasteiger partial charge in [0.25, 0.3) is 0 Å². The largest absolute Gasteiger partial charge is 0.444 e. The van der Waals surface area contributed by atoms with Crippen molar-refractivity contribution in [2.45, 2.75) is 51.7 Å². The number of nitrogens with one attached hydrogen (secondary N) is 1. The summed E-state index contributed by atoms with van der Waals surface area (Å²) in [5, 5.41) is 0. The van der Waals surface area contributed by atoms with Crippen molar-refractivity contribution < 1.29 is 9.53 Å². The third-order valence-electron chi connectivity index (χ3n) is 4.20. The Bertz CT molecular complexity index is 740. The zero-order valence-electron chi connectivity index (χ0n) is 15.4. The molecule has 0 unspecified atom stereocenters. The molecule has 1 atom stereocenters. The topological polar surface area (TPSA) is 58.2 Å². The average Bonchev–Trinajstić information content (AvgIpc) is 3.04. The number of aromatic nitrogens is 2. The van der Waals surface area contributed by atoms with Gasteiger partial charge >= 0.3 is 6.09 Å². The van der Waals surface area contributed by atoms with Gasteiger partial charge in [-0.2, -0.15) is 13.5 Å². The lowest BCUT2D eigenvalue weighted by Crippen LogP contribution is -2.42. The molecule has 1 aromatic heterocycles. The monoisotopic (exact) mass is 439 g/mol. The summed E-state index contributed by atoms with van der Waals surface area (Å²) >= 11 is 3.45. The molecule has 0 saturated carbocycles. The van der Waals surface area contributed by atoms with E-state index in [9.17, 15) is 4.79 Å². The predicted octanol–water partition coefficient (Wildman–Crippen LogP) is 5.41. The molecule has 2 aromatic rings. The number of nitrogens with zero attached hydrogens (tertiary/aromatic N) is 2. The van der Waals surface area contributed by atoms with Crippen LogP contribution in [0.2, 0.25) is 0 Å². The van der Waals surface area contributed by atoms with Crippen molar-refractivity contribution in [3.05, 3.63) is 40.8 Å². The summed E-state index contributed by atoms with van der Waals surface area (Å²) in [5.74, 6) is 0.823. The molecule has 142 valence electrons. The minimum Gasteiger partial charge on any atom is -0.444 e. The van der Waals surface area contributed by atoms with Gasteiger partial charge in [0.2, 0.25) is 0 Å². The highest BCUT2D eigenvalue weighted by molar-refractivity contribution is 9.10. The van der Waals surface area contributed by atoms with Crippen molar-refractivity contribution in [3.8, 4) is 11.3 Å². The van der Waals surface area contributed by atoms with Crippen molar-refractivity contribution in [2.75, 3.05) is 6.54 Å². The lowest BCUT2D eigenvalue weighted by Gasteiger charge is -2.35. The number of aromatic amines is 1. The maximum absolute atomic E-state index is 12.6. The van der Waals surface area contributed by atoms with E-state index in [0.29, 0.717) is 6.54 Å². The normalized spacial score (nSPS) is 17.5. The van der Waals surface area contributed by atoms with E-state index in [4.69, 9.17) is 4.74 Å². The lowest BCUT2D eigenvalue weighted by atomic mass is 10.0. The van der Waals surface area contributed by atoms with Crippen molar-refractivity contribution in [1.29, 1.82) is 0 Å². The Morgan fingerprint density at radius 2 is 1.96 bits per heavy atom. The molecular weight excluding hydrogens is 414 g/mol. The number of hydrogen-bond donors (Lipinski definition) is 1. The van der Waals surface area contributed by atoms with Crippen LogP contribution < -0.4 is 0 Å². The lowest BCUT2D eigenvalue weighted by molar-refractivity contribution is 0.00854. The van der Waals surface area contributed by atoms with Crippen LogP contribution in [-0.4, -0.2) is 33.1 Å². The van der Waals surface area contributed by atoms with Crippen molar-refractivity contribution in [1.82, 2.24) is 14.9 Å². The number of piperidine rings is 1. The summed E-state index contributed by atoms with van der Waals surface area (Å²) in [6, 6.07) is 8.02. The zero-order chi connectivity index (χ0) is 18.0. The van der Waals surface area contributed by atoms with Gasteiger partial charge in [-0.15, -0.1) is 0 Å². The molecule has 1 aliphatic heterocycles. The van der Waals surface area contributed by atoms with E-state index in [-0.39, 0.29) is 25.6 Å². The van der Waals surface area contributed by atoms with Gasteiger partial charge in [-0.3, -0.25) is 4.90 Å². The number of ether oxygens (including phenoxy) is 1. The third-order valence-corrected chi connectivity index (χ3v) is 4.73. The van der Waals surface area contributed by atoms with E-state index in [2.05, 4.69) is 25.9 Å². The smallest absolute Gasteiger partial charge is 0.410 e. The van der Waals surface area contributed by atoms with Gasteiger partial charge in [-0.05, 0) is 57.7 Å². The molecule has 7 heteroatoms. The van der Waals surface area contributed by atoms with E-state index in [0.717, 1.165) is 40.8 Å². The summed E-state index contributed by atoms with van der Waals surface area (Å²) in [6.45, 7) is 6.38. The SMILES string of the molecule is CC(C)(C)OC(=O)N1CCCC[C@H]1c1ncc(-c2ccc(Br)cc2)[nH]1.S. The highest BCUT2D eigenvalue weighted by atomic mass is 79.9. The highest BCUT2D eigenvalue weighted by Crippen LogP contribution is 2.32. The second-order valence-corrected chi connectivity index (χ2v) is 8.29. The minimum absolute atomic E-state index is 0. The van der Waals surface area contributed by atoms with E-state index >= 15 is 0 Å². The van der Waals surface area contributed by atoms with Crippen LogP contribution in [0.3, 0.4) is 0 Å². The fourth-order valence-corrected chi connectivity index (χ4v) is 3.30. The van der Waals surface area contributed by atoms with E-state index < -0.39 is 5.60 Å². The van der Waals surface area contributed by atoms with Crippen LogP contribution >= 0.6 is 29.4 Å². The summed E-state index contributed by atoms with van der Waals surface area (Å²) in [4.78, 5) is 22.3. The Hall–Kier alpha value is -1.47. The van der Waals surface area contributed by atoms with Gasteiger partial charge in [0.05, 0.1) is 17.9 Å². The average molecular weight is 440 g/mol. The van der Waals surface area contributed by atoms with Crippen molar-refractivity contribution in [3.63, 3.8) is 0 Å². The first-order valence-corrected chi connectivity index (χ1v) is 9.43. The Morgan fingerprint density at radius 3 is 2.62 bits per heavy atom. The van der Waals surface area contributed by atoms with Crippen LogP contribution in [0.1, 0.15) is 51.9 Å². The van der Waals surface area contributed by atoms with Crippen molar-refractivity contribution >= 4 is 35.5 Å². The molecular formula is C19H26BrN3O2S. The molecule has 1 aromatic carbocycles. The van der Waals surface area contributed by atoms with Crippen LogP contribution in [-0.2, 0) is 4.74 Å². The first-order valence-electron chi connectivity index (χ1n) is 8.64. The number of carbonyl (C=O) groups is 1. The van der Waals surface area contributed by atoms with Gasteiger partial charge in [0, 0.05) is 11.0 Å². The summed E-state index contributed by atoms with van der Waals surface area (Å²) in [6.07, 6.45) is 4.54. The van der Waals surface area contributed by atoms with E-state index in [1.807, 2.05) is 51.2 Å². The predicted molar refractivity (Wildman–Crippen MR) is 112 cm³/mol. The Balaban J connectivity index is 0.00000243. The Kier molecular flexibility index (Phi) is 6.80. The molecule has 3 rings (SSSR count). The second kappa shape index (κ2) is 8.48. The molecule has 0 bridgehead atoms. The number of hydrogen-bond acceptors (Lipinski definition) is 3. The fourth-order valence-electron chi connectivity index (χ4n) is 3.04. The number of rotatable bonds is 2. The van der Waals surface area contributed by atoms with Gasteiger partial charge in [-0.25, -0.2) is 9.78 Å². The number of imidazole rings is 1. The second-order valence-electron chi connectivity index (χ2n) is 7.37. The van der Waals surface area contributed by atoms with Gasteiger partial charge in [0.1, 0.15) is 11.4 Å². The Labute approximate surface area is 170 Å². The number of benzene rings is 1. The number of H-pyrrole nitrogens is 1. The van der Waals surface area contributed by atoms with E-state index in [1.165, 1.54) is 0 Å². The number of likely N-dealkylation sites (tertiary alicyclic amines) is 1. The molecule has 26 heavy (non-hydrogen) atoms. The van der Waals surface area contributed by atoms with Crippen molar-refractivity contribution in [2.24, 2.45) is 0 Å². The molecule has 1 saturated heterocycles. The van der Waals surface area contributed by atoms with Gasteiger partial charge in [-0.1, -0.05) is 28.1 Å². The highest BCUT2D eigenvalue weighted by Gasteiger charge is 2.33. The molecule has 0 spiro atoms. The molecule has 0 aliphatic carbocycles. The molecule has 5 nitrogen and oxygen atoms in total. The Morgan fingerprint density at radius 1 is 1.27 bits per heavy atom. The number of halogens is 1. The number of carbonyl (C=O) groups excluding carboxylic acids is 1. The van der Waals surface area contributed by atoms with E-state index in [1.54, 1.807) is 4.90 Å². The molecule has 1 amide bonds. The first-order chi connectivity index (χ1) is 11.8. The molecule has 1 aliphatic rings. The third kappa shape index (κ3) is 5.04. The van der Waals surface area contributed by atoms with Gasteiger partial charge in [0.15, 0.2) is 0 Å². The summed E-state index contributed by atoms with van der Waals surface area (Å²) in [5.41, 5.74) is 1.53. The van der Waals surface area contributed by atoms with Crippen LogP contribution in [0, 0.1) is 0 Å². The molecule has 1 fully saturated rings. The van der Waals surface area contributed by atoms with Crippen LogP contribution in [0.15, 0.2) is 34.9 Å². The minimum atomic E-state index is -0.495. The quantitative estimate of drug-likeness (QED) is 0.679. The van der Waals surface area contributed by atoms with Crippen LogP contribution in [0.5, 0.6) is 0 Å². The summed E-state index contributed by atoms with van der Waals surface area (Å²) in [7, 11) is 0. The van der Waals surface area contributed by atoms with Crippen LogP contribution in [0.4, 0.5) is 4.79 Å². The molecule has 1 N–H and O–H groups in total. The molecule has 0 radical (unpaired) electrons. The zero-order valence-corrected chi connectivity index (χ0v) is 18.0. The number of amides is 1. The van der Waals surface area contributed by atoms with Crippen LogP contribution in [0.25, 0.3) is 11.3 Å².